The Balaban J connectivity index is 1.76. The van der Waals surface area contributed by atoms with Gasteiger partial charge in [-0.2, -0.15) is 0 Å². The summed E-state index contributed by atoms with van der Waals surface area (Å²) in [5.41, 5.74) is 6.20. The minimum Gasteiger partial charge on any atom is -0.348 e. The molecule has 156 valence electrons. The lowest BCUT2D eigenvalue weighted by Gasteiger charge is -2.25. The quantitative estimate of drug-likeness (QED) is 0.781. The highest BCUT2D eigenvalue weighted by Gasteiger charge is 2.24. The molecule has 0 bridgehead atoms. The molecule has 5 nitrogen and oxygen atoms in total. The van der Waals surface area contributed by atoms with Gasteiger partial charge < -0.3 is 5.32 Å². The molecule has 1 amide bonds. The second-order valence-electron chi connectivity index (χ2n) is 8.01. The molecule has 0 saturated heterocycles. The predicted molar refractivity (Wildman–Crippen MR) is 118 cm³/mol. The van der Waals surface area contributed by atoms with Crippen molar-refractivity contribution >= 4 is 21.6 Å². The normalized spacial score (nSPS) is 14.8. The maximum Gasteiger partial charge on any atom is 0.241 e. The second-order valence-corrected chi connectivity index (χ2v) is 9.92. The molecule has 1 N–H and O–H groups in total. The number of carbonyl (C=O) groups is 1. The van der Waals surface area contributed by atoms with Crippen LogP contribution in [0.5, 0.6) is 0 Å². The average Bonchev–Trinajstić information content (AvgIpc) is 2.67. The molecule has 29 heavy (non-hydrogen) atoms. The standard InChI is InChI=1S/C23H30N2O3S/c1-16-8-7-11-22(17(16)2)25(29(4,27)28)15-23(26)24-18(3)20-13-12-19-9-5-6-10-21(19)14-20/h7-8,11-14,18H,5-6,9-10,15H2,1-4H3,(H,24,26). The van der Waals surface area contributed by atoms with Gasteiger partial charge in [-0.25, -0.2) is 8.42 Å². The molecule has 0 spiro atoms. The molecular weight excluding hydrogens is 384 g/mol. The van der Waals surface area contributed by atoms with Crippen LogP contribution < -0.4 is 9.62 Å². The molecule has 0 heterocycles. The van der Waals surface area contributed by atoms with E-state index in [9.17, 15) is 13.2 Å². The van der Waals surface area contributed by atoms with Gasteiger partial charge in [-0.1, -0.05) is 30.3 Å². The molecule has 1 atom stereocenters. The summed E-state index contributed by atoms with van der Waals surface area (Å²) in [6, 6.07) is 11.7. The lowest BCUT2D eigenvalue weighted by molar-refractivity contribution is -0.120. The van der Waals surface area contributed by atoms with Crippen molar-refractivity contribution in [2.45, 2.75) is 52.5 Å². The van der Waals surface area contributed by atoms with E-state index in [2.05, 4.69) is 23.5 Å². The van der Waals surface area contributed by atoms with Crippen LogP contribution in [0.4, 0.5) is 5.69 Å². The van der Waals surface area contributed by atoms with E-state index < -0.39 is 10.0 Å². The van der Waals surface area contributed by atoms with Gasteiger partial charge in [0, 0.05) is 0 Å². The van der Waals surface area contributed by atoms with Gasteiger partial charge in [0.1, 0.15) is 6.54 Å². The van der Waals surface area contributed by atoms with Crippen LogP contribution in [0.3, 0.4) is 0 Å². The van der Waals surface area contributed by atoms with E-state index in [0.717, 1.165) is 35.8 Å². The van der Waals surface area contributed by atoms with E-state index in [0.29, 0.717) is 5.69 Å². The molecule has 1 unspecified atom stereocenters. The zero-order valence-electron chi connectivity index (χ0n) is 17.7. The zero-order valence-corrected chi connectivity index (χ0v) is 18.5. The Hall–Kier alpha value is -2.34. The number of aryl methyl sites for hydroxylation is 3. The molecular formula is C23H30N2O3S. The third kappa shape index (κ3) is 4.99. The van der Waals surface area contributed by atoms with Gasteiger partial charge in [-0.15, -0.1) is 0 Å². The highest BCUT2D eigenvalue weighted by Crippen LogP contribution is 2.26. The Morgan fingerprint density at radius 3 is 2.48 bits per heavy atom. The monoisotopic (exact) mass is 414 g/mol. The van der Waals surface area contributed by atoms with Gasteiger partial charge in [-0.3, -0.25) is 9.10 Å². The largest absolute Gasteiger partial charge is 0.348 e. The summed E-state index contributed by atoms with van der Waals surface area (Å²) in [5.74, 6) is -0.318. The van der Waals surface area contributed by atoms with Crippen molar-refractivity contribution in [3.05, 3.63) is 64.2 Å². The Morgan fingerprint density at radius 2 is 1.79 bits per heavy atom. The number of hydrogen-bond acceptors (Lipinski definition) is 3. The van der Waals surface area contributed by atoms with Crippen LogP contribution in [-0.2, 0) is 27.7 Å². The summed E-state index contributed by atoms with van der Waals surface area (Å²) in [6.45, 7) is 5.50. The molecule has 2 aromatic rings. The van der Waals surface area contributed by atoms with Crippen LogP contribution in [0, 0.1) is 13.8 Å². The number of anilines is 1. The first kappa shape index (κ1) is 21.4. The van der Waals surface area contributed by atoms with E-state index >= 15 is 0 Å². The second kappa shape index (κ2) is 8.57. The number of hydrogen-bond donors (Lipinski definition) is 1. The van der Waals surface area contributed by atoms with Crippen molar-refractivity contribution in [3.63, 3.8) is 0 Å². The first-order valence-corrected chi connectivity index (χ1v) is 12.0. The number of benzene rings is 2. The predicted octanol–water partition coefficient (Wildman–Crippen LogP) is 3.83. The van der Waals surface area contributed by atoms with E-state index in [1.54, 1.807) is 6.07 Å². The van der Waals surface area contributed by atoms with Crippen LogP contribution in [-0.4, -0.2) is 27.1 Å². The summed E-state index contributed by atoms with van der Waals surface area (Å²) < 4.78 is 26.0. The molecule has 1 aliphatic rings. The van der Waals surface area contributed by atoms with E-state index in [4.69, 9.17) is 0 Å². The van der Waals surface area contributed by atoms with Gasteiger partial charge in [0.2, 0.25) is 15.9 Å². The number of nitrogens with zero attached hydrogens (tertiary/aromatic N) is 1. The fraction of sp³-hybridized carbons (Fsp3) is 0.435. The SMILES string of the molecule is Cc1cccc(N(CC(=O)NC(C)c2ccc3c(c2)CCCC3)S(C)(=O)=O)c1C. The fourth-order valence-electron chi connectivity index (χ4n) is 3.91. The Bertz CT molecular complexity index is 1010. The topological polar surface area (TPSA) is 66.5 Å². The maximum atomic E-state index is 12.7. The van der Waals surface area contributed by atoms with Crippen LogP contribution in [0.1, 0.15) is 53.6 Å². The van der Waals surface area contributed by atoms with Crippen molar-refractivity contribution in [2.75, 3.05) is 17.1 Å². The van der Waals surface area contributed by atoms with Crippen molar-refractivity contribution in [1.29, 1.82) is 0 Å². The molecule has 3 rings (SSSR count). The maximum absolute atomic E-state index is 12.7. The fourth-order valence-corrected chi connectivity index (χ4v) is 4.82. The molecule has 0 radical (unpaired) electrons. The van der Waals surface area contributed by atoms with Gasteiger partial charge in [0.05, 0.1) is 18.0 Å². The van der Waals surface area contributed by atoms with Crippen molar-refractivity contribution < 1.29 is 13.2 Å². The molecule has 0 aromatic heterocycles. The summed E-state index contributed by atoms with van der Waals surface area (Å²) >= 11 is 0. The lowest BCUT2D eigenvalue weighted by atomic mass is 9.89. The van der Waals surface area contributed by atoms with Crippen LogP contribution in [0.15, 0.2) is 36.4 Å². The van der Waals surface area contributed by atoms with Gasteiger partial charge in [-0.05, 0) is 80.3 Å². The zero-order chi connectivity index (χ0) is 21.2. The molecule has 0 saturated carbocycles. The van der Waals surface area contributed by atoms with E-state index in [1.165, 1.54) is 28.3 Å². The molecule has 2 aromatic carbocycles. The number of sulfonamides is 1. The lowest BCUT2D eigenvalue weighted by Crippen LogP contribution is -2.41. The summed E-state index contributed by atoms with van der Waals surface area (Å²) in [7, 11) is -3.59. The Kier molecular flexibility index (Phi) is 6.32. The van der Waals surface area contributed by atoms with Crippen molar-refractivity contribution in [2.24, 2.45) is 0 Å². The summed E-state index contributed by atoms with van der Waals surface area (Å²) in [4.78, 5) is 12.7. The first-order chi connectivity index (χ1) is 13.7. The Morgan fingerprint density at radius 1 is 1.10 bits per heavy atom. The number of amides is 1. The smallest absolute Gasteiger partial charge is 0.241 e. The summed E-state index contributed by atoms with van der Waals surface area (Å²) in [5, 5.41) is 2.96. The van der Waals surface area contributed by atoms with Gasteiger partial charge in [0.25, 0.3) is 0 Å². The van der Waals surface area contributed by atoms with E-state index in [1.807, 2.05) is 32.9 Å². The van der Waals surface area contributed by atoms with Crippen molar-refractivity contribution in [1.82, 2.24) is 5.32 Å². The highest BCUT2D eigenvalue weighted by molar-refractivity contribution is 7.92. The molecule has 1 aliphatic carbocycles. The molecule has 0 aliphatic heterocycles. The highest BCUT2D eigenvalue weighted by atomic mass is 32.2. The molecule has 0 fully saturated rings. The number of nitrogens with one attached hydrogen (secondary N) is 1. The third-order valence-corrected chi connectivity index (χ3v) is 6.91. The van der Waals surface area contributed by atoms with Crippen molar-refractivity contribution in [3.8, 4) is 0 Å². The average molecular weight is 415 g/mol. The summed E-state index contributed by atoms with van der Waals surface area (Å²) in [6.07, 6.45) is 5.78. The Labute approximate surface area is 174 Å². The molecule has 6 heteroatoms. The minimum atomic E-state index is -3.59. The first-order valence-electron chi connectivity index (χ1n) is 10.1. The number of rotatable bonds is 6. The number of fused-ring (bicyclic) bond motifs is 1. The van der Waals surface area contributed by atoms with Crippen LogP contribution >= 0.6 is 0 Å². The van der Waals surface area contributed by atoms with Crippen LogP contribution in [0.2, 0.25) is 0 Å². The third-order valence-electron chi connectivity index (χ3n) is 5.78. The van der Waals surface area contributed by atoms with Gasteiger partial charge in [0.15, 0.2) is 0 Å². The van der Waals surface area contributed by atoms with Crippen LogP contribution in [0.25, 0.3) is 0 Å². The van der Waals surface area contributed by atoms with E-state index in [-0.39, 0.29) is 18.5 Å². The minimum absolute atomic E-state index is 0.185. The number of carbonyl (C=O) groups excluding carboxylic acids is 1. The van der Waals surface area contributed by atoms with Gasteiger partial charge >= 0.3 is 0 Å².